The Bertz CT molecular complexity index is 1390. The molecule has 3 aromatic carbocycles. The van der Waals surface area contributed by atoms with Crippen molar-refractivity contribution in [2.75, 3.05) is 17.2 Å². The summed E-state index contributed by atoms with van der Waals surface area (Å²) in [5.74, 6) is 1.78. The smallest absolute Gasteiger partial charge is 0.255 e. The molecule has 182 valence electrons. The molecule has 5 rings (SSSR count). The molecule has 1 aromatic heterocycles. The van der Waals surface area contributed by atoms with Gasteiger partial charge in [0.15, 0.2) is 0 Å². The molecule has 1 aliphatic heterocycles. The summed E-state index contributed by atoms with van der Waals surface area (Å²) in [6.45, 7) is 4.32. The summed E-state index contributed by atoms with van der Waals surface area (Å²) >= 11 is 1.57. The number of nitrogens with one attached hydrogen (secondary N) is 2. The third-order valence-corrected chi connectivity index (χ3v) is 6.75. The molecule has 0 fully saturated rings. The number of carbonyl (C=O) groups excluding carboxylic acids is 1. The van der Waals surface area contributed by atoms with E-state index in [4.69, 9.17) is 14.8 Å². The number of carbonyl (C=O) groups is 1. The van der Waals surface area contributed by atoms with Gasteiger partial charge in [-0.25, -0.2) is 4.68 Å². The van der Waals surface area contributed by atoms with E-state index in [1.807, 2.05) is 86.6 Å². The highest BCUT2D eigenvalue weighted by molar-refractivity contribution is 7.98. The number of rotatable bonds is 8. The summed E-state index contributed by atoms with van der Waals surface area (Å²) in [6, 6.07) is 27.1. The molecular weight excluding hydrogens is 470 g/mol. The Morgan fingerprint density at radius 2 is 1.72 bits per heavy atom. The second-order valence-electron chi connectivity index (χ2n) is 8.30. The maximum Gasteiger partial charge on any atom is 0.255 e. The molecule has 0 saturated carbocycles. The van der Waals surface area contributed by atoms with Gasteiger partial charge < -0.3 is 15.4 Å². The van der Waals surface area contributed by atoms with E-state index in [1.54, 1.807) is 16.4 Å². The Hall–Kier alpha value is -4.04. The van der Waals surface area contributed by atoms with Gasteiger partial charge >= 0.3 is 0 Å². The van der Waals surface area contributed by atoms with Gasteiger partial charge in [-0.2, -0.15) is 4.98 Å². The molecule has 2 N–H and O–H groups in total. The van der Waals surface area contributed by atoms with Crippen LogP contribution in [-0.4, -0.2) is 27.3 Å². The SMILES string of the molecule is CCOc1ccccc1NC(=O)C1=C(C)Nc2nc(SCc3ccccc3)nn2C1c1ccccc1. The summed E-state index contributed by atoms with van der Waals surface area (Å²) < 4.78 is 7.51. The molecule has 0 saturated heterocycles. The normalized spacial score (nSPS) is 14.7. The van der Waals surface area contributed by atoms with Gasteiger partial charge in [0.05, 0.1) is 17.9 Å². The average Bonchev–Trinajstić information content (AvgIpc) is 3.31. The fourth-order valence-corrected chi connectivity index (χ4v) is 4.98. The van der Waals surface area contributed by atoms with E-state index >= 15 is 0 Å². The van der Waals surface area contributed by atoms with Gasteiger partial charge in [0.1, 0.15) is 11.8 Å². The first-order chi connectivity index (χ1) is 17.6. The predicted octanol–water partition coefficient (Wildman–Crippen LogP) is 5.90. The van der Waals surface area contributed by atoms with Gasteiger partial charge in [-0.1, -0.05) is 84.6 Å². The van der Waals surface area contributed by atoms with Gasteiger partial charge in [0, 0.05) is 11.4 Å². The molecule has 1 unspecified atom stereocenters. The van der Waals surface area contributed by atoms with Crippen LogP contribution in [0.3, 0.4) is 0 Å². The Kier molecular flexibility index (Phi) is 7.04. The van der Waals surface area contributed by atoms with Crippen LogP contribution in [-0.2, 0) is 10.5 Å². The van der Waals surface area contributed by atoms with E-state index in [1.165, 1.54) is 5.56 Å². The Balaban J connectivity index is 1.47. The van der Waals surface area contributed by atoms with E-state index in [9.17, 15) is 4.79 Å². The maximum absolute atomic E-state index is 13.7. The highest BCUT2D eigenvalue weighted by Gasteiger charge is 2.34. The minimum atomic E-state index is -0.430. The van der Waals surface area contributed by atoms with Crippen LogP contribution in [0, 0.1) is 0 Å². The van der Waals surface area contributed by atoms with Crippen LogP contribution in [0.1, 0.15) is 31.0 Å². The zero-order valence-electron chi connectivity index (χ0n) is 20.1. The number of para-hydroxylation sites is 2. The van der Waals surface area contributed by atoms with Gasteiger partial charge in [-0.3, -0.25) is 4.79 Å². The molecule has 1 aliphatic rings. The molecule has 1 amide bonds. The molecule has 0 aliphatic carbocycles. The first-order valence-corrected chi connectivity index (χ1v) is 12.8. The van der Waals surface area contributed by atoms with Crippen LogP contribution in [0.15, 0.2) is 101 Å². The number of thioether (sulfide) groups is 1. The molecule has 1 atom stereocenters. The second-order valence-corrected chi connectivity index (χ2v) is 9.24. The molecule has 0 radical (unpaired) electrons. The number of hydrogen-bond acceptors (Lipinski definition) is 6. The van der Waals surface area contributed by atoms with Crippen molar-refractivity contribution < 1.29 is 9.53 Å². The van der Waals surface area contributed by atoms with Crippen molar-refractivity contribution in [1.29, 1.82) is 0 Å². The predicted molar refractivity (Wildman–Crippen MR) is 143 cm³/mol. The zero-order chi connectivity index (χ0) is 24.9. The number of nitrogens with zero attached hydrogens (tertiary/aromatic N) is 3. The van der Waals surface area contributed by atoms with Crippen molar-refractivity contribution in [2.45, 2.75) is 30.8 Å². The van der Waals surface area contributed by atoms with Crippen molar-refractivity contribution in [1.82, 2.24) is 14.8 Å². The van der Waals surface area contributed by atoms with E-state index < -0.39 is 6.04 Å². The number of ether oxygens (including phenoxy) is 1. The Morgan fingerprint density at radius 3 is 2.47 bits per heavy atom. The maximum atomic E-state index is 13.7. The fraction of sp³-hybridized carbons (Fsp3) is 0.179. The first kappa shape index (κ1) is 23.7. The minimum absolute atomic E-state index is 0.222. The number of anilines is 2. The van der Waals surface area contributed by atoms with Crippen LogP contribution < -0.4 is 15.4 Å². The Morgan fingerprint density at radius 1 is 1.03 bits per heavy atom. The number of amides is 1. The van der Waals surface area contributed by atoms with Gasteiger partial charge in [-0.05, 0) is 37.1 Å². The summed E-state index contributed by atoms with van der Waals surface area (Å²) in [5, 5.41) is 11.8. The second kappa shape index (κ2) is 10.7. The van der Waals surface area contributed by atoms with Gasteiger partial charge in [0.25, 0.3) is 5.91 Å². The summed E-state index contributed by atoms with van der Waals surface area (Å²) in [5.41, 5.74) is 4.08. The Labute approximate surface area is 214 Å². The van der Waals surface area contributed by atoms with Crippen LogP contribution >= 0.6 is 11.8 Å². The van der Waals surface area contributed by atoms with Crippen LogP contribution in [0.4, 0.5) is 11.6 Å². The topological polar surface area (TPSA) is 81.1 Å². The molecule has 4 aromatic rings. The number of hydrogen-bond donors (Lipinski definition) is 2. The lowest BCUT2D eigenvalue weighted by molar-refractivity contribution is -0.113. The highest BCUT2D eigenvalue weighted by Crippen LogP contribution is 2.37. The fourth-order valence-electron chi connectivity index (χ4n) is 4.19. The summed E-state index contributed by atoms with van der Waals surface area (Å²) in [6.07, 6.45) is 0. The highest BCUT2D eigenvalue weighted by atomic mass is 32.2. The molecular formula is C28H27N5O2S. The zero-order valence-corrected chi connectivity index (χ0v) is 21.0. The van der Waals surface area contributed by atoms with Gasteiger partial charge in [0.2, 0.25) is 11.1 Å². The van der Waals surface area contributed by atoms with Crippen molar-refractivity contribution >= 4 is 29.3 Å². The van der Waals surface area contributed by atoms with Crippen LogP contribution in [0.2, 0.25) is 0 Å². The van der Waals surface area contributed by atoms with Crippen LogP contribution in [0.5, 0.6) is 5.75 Å². The quantitative estimate of drug-likeness (QED) is 0.295. The lowest BCUT2D eigenvalue weighted by Crippen LogP contribution is -2.31. The van der Waals surface area contributed by atoms with Crippen molar-refractivity contribution in [3.05, 3.63) is 107 Å². The number of benzene rings is 3. The minimum Gasteiger partial charge on any atom is -0.492 e. The van der Waals surface area contributed by atoms with Crippen LogP contribution in [0.25, 0.3) is 0 Å². The summed E-state index contributed by atoms with van der Waals surface area (Å²) in [7, 11) is 0. The number of allylic oxidation sites excluding steroid dienone is 1. The molecule has 0 spiro atoms. The monoisotopic (exact) mass is 497 g/mol. The largest absolute Gasteiger partial charge is 0.492 e. The van der Waals surface area contributed by atoms with E-state index in [2.05, 4.69) is 22.8 Å². The summed E-state index contributed by atoms with van der Waals surface area (Å²) in [4.78, 5) is 18.4. The average molecular weight is 498 g/mol. The van der Waals surface area contributed by atoms with Gasteiger partial charge in [-0.15, -0.1) is 5.10 Å². The third kappa shape index (κ3) is 4.99. The lowest BCUT2D eigenvalue weighted by atomic mass is 9.95. The molecule has 2 heterocycles. The number of aromatic nitrogens is 3. The van der Waals surface area contributed by atoms with E-state index in [-0.39, 0.29) is 5.91 Å². The molecule has 36 heavy (non-hydrogen) atoms. The number of fused-ring (bicyclic) bond motifs is 1. The van der Waals surface area contributed by atoms with E-state index in [0.29, 0.717) is 34.7 Å². The van der Waals surface area contributed by atoms with E-state index in [0.717, 1.165) is 17.0 Å². The molecule has 7 nitrogen and oxygen atoms in total. The molecule has 8 heteroatoms. The van der Waals surface area contributed by atoms with Crippen molar-refractivity contribution in [2.24, 2.45) is 0 Å². The van der Waals surface area contributed by atoms with Crippen molar-refractivity contribution in [3.8, 4) is 5.75 Å². The first-order valence-electron chi connectivity index (χ1n) is 11.8. The van der Waals surface area contributed by atoms with Crippen molar-refractivity contribution in [3.63, 3.8) is 0 Å². The lowest BCUT2D eigenvalue weighted by Gasteiger charge is -2.28. The molecule has 0 bridgehead atoms. The standard InChI is InChI=1S/C28H27N5O2S/c1-3-35-23-17-11-10-16-22(23)30-26(34)24-19(2)29-27-31-28(36-18-20-12-6-4-7-13-20)32-33(27)25(24)21-14-8-5-9-15-21/h4-17,25H,3,18H2,1-2H3,(H,30,34)(H,29,31,32). The third-order valence-electron chi connectivity index (χ3n) is 5.84.